The van der Waals surface area contributed by atoms with Crippen molar-refractivity contribution < 1.29 is 0 Å². The van der Waals surface area contributed by atoms with E-state index in [2.05, 4.69) is 51.2 Å². The van der Waals surface area contributed by atoms with Crippen LogP contribution in [0.4, 0.5) is 0 Å². The minimum atomic E-state index is 0.385. The van der Waals surface area contributed by atoms with Crippen LogP contribution in [0.3, 0.4) is 0 Å². The Kier molecular flexibility index (Phi) is 4.39. The van der Waals surface area contributed by atoms with Crippen LogP contribution in [0.1, 0.15) is 38.8 Å². The van der Waals surface area contributed by atoms with Gasteiger partial charge in [-0.25, -0.2) is 0 Å². The maximum atomic E-state index is 4.24. The van der Waals surface area contributed by atoms with E-state index in [1.165, 1.54) is 6.42 Å². The minimum absolute atomic E-state index is 0.385. The fourth-order valence-electron chi connectivity index (χ4n) is 2.08. The molecule has 0 aliphatic carbocycles. The molecule has 0 radical (unpaired) electrons. The number of guanidine groups is 1. The SMILES string of the molecule is CN=C(NCc1nnc2n1CCC2)NC(C)C(C)C. The summed E-state index contributed by atoms with van der Waals surface area (Å²) in [5, 5.41) is 15.1. The summed E-state index contributed by atoms with van der Waals surface area (Å²) in [4.78, 5) is 4.24. The molecule has 106 valence electrons. The number of nitrogens with one attached hydrogen (secondary N) is 2. The van der Waals surface area contributed by atoms with Crippen LogP contribution in [0.5, 0.6) is 0 Å². The number of nitrogens with zero attached hydrogens (tertiary/aromatic N) is 4. The molecule has 6 nitrogen and oxygen atoms in total. The van der Waals surface area contributed by atoms with Crippen LogP contribution in [0.15, 0.2) is 4.99 Å². The Hall–Kier alpha value is -1.59. The second-order valence-corrected chi connectivity index (χ2v) is 5.39. The average molecular weight is 264 g/mol. The van der Waals surface area contributed by atoms with Crippen LogP contribution < -0.4 is 10.6 Å². The van der Waals surface area contributed by atoms with Gasteiger partial charge in [0.15, 0.2) is 11.8 Å². The first-order valence-electron chi connectivity index (χ1n) is 7.00. The maximum absolute atomic E-state index is 4.24. The molecule has 1 aliphatic heterocycles. The van der Waals surface area contributed by atoms with Gasteiger partial charge in [0.2, 0.25) is 0 Å². The van der Waals surface area contributed by atoms with Gasteiger partial charge in [-0.05, 0) is 19.3 Å². The van der Waals surface area contributed by atoms with Gasteiger partial charge in [-0.15, -0.1) is 10.2 Å². The molecule has 2 heterocycles. The molecule has 0 spiro atoms. The normalized spacial score (nSPS) is 16.6. The lowest BCUT2D eigenvalue weighted by Gasteiger charge is -2.20. The molecule has 1 aromatic heterocycles. The van der Waals surface area contributed by atoms with E-state index in [0.29, 0.717) is 18.5 Å². The molecule has 1 atom stereocenters. The monoisotopic (exact) mass is 264 g/mol. The number of aliphatic imine (C=N–C) groups is 1. The third-order valence-corrected chi connectivity index (χ3v) is 3.69. The average Bonchev–Trinajstić information content (AvgIpc) is 2.97. The zero-order valence-corrected chi connectivity index (χ0v) is 12.3. The van der Waals surface area contributed by atoms with Gasteiger partial charge in [0.1, 0.15) is 5.82 Å². The summed E-state index contributed by atoms with van der Waals surface area (Å²) in [5.74, 6) is 3.48. The topological polar surface area (TPSA) is 67.1 Å². The second-order valence-electron chi connectivity index (χ2n) is 5.39. The summed E-state index contributed by atoms with van der Waals surface area (Å²) in [7, 11) is 1.79. The predicted molar refractivity (Wildman–Crippen MR) is 76.0 cm³/mol. The van der Waals surface area contributed by atoms with Crippen LogP contribution in [0.25, 0.3) is 0 Å². The summed E-state index contributed by atoms with van der Waals surface area (Å²) in [6, 6.07) is 0.385. The standard InChI is InChI=1S/C13H24N6/c1-9(2)10(3)16-13(14-4)15-8-12-18-17-11-6-5-7-19(11)12/h9-10H,5-8H2,1-4H3,(H2,14,15,16). The summed E-state index contributed by atoms with van der Waals surface area (Å²) in [6.07, 6.45) is 2.22. The smallest absolute Gasteiger partial charge is 0.191 e. The fraction of sp³-hybridized carbons (Fsp3) is 0.769. The van der Waals surface area contributed by atoms with E-state index >= 15 is 0 Å². The minimum Gasteiger partial charge on any atom is -0.354 e. The highest BCUT2D eigenvalue weighted by Gasteiger charge is 2.17. The fourth-order valence-corrected chi connectivity index (χ4v) is 2.08. The predicted octanol–water partition coefficient (Wildman–Crippen LogP) is 0.934. The number of rotatable bonds is 4. The van der Waals surface area contributed by atoms with Crippen molar-refractivity contribution in [2.75, 3.05) is 7.05 Å². The van der Waals surface area contributed by atoms with Gasteiger partial charge in [0, 0.05) is 26.1 Å². The van der Waals surface area contributed by atoms with Crippen molar-refractivity contribution in [3.63, 3.8) is 0 Å². The molecular weight excluding hydrogens is 240 g/mol. The van der Waals surface area contributed by atoms with Crippen molar-refractivity contribution in [2.24, 2.45) is 10.9 Å². The summed E-state index contributed by atoms with van der Waals surface area (Å²) < 4.78 is 2.20. The quantitative estimate of drug-likeness (QED) is 0.627. The molecule has 1 aromatic rings. The van der Waals surface area contributed by atoms with Crippen LogP contribution in [0, 0.1) is 5.92 Å². The van der Waals surface area contributed by atoms with Gasteiger partial charge in [-0.2, -0.15) is 0 Å². The lowest BCUT2D eigenvalue weighted by Crippen LogP contribution is -2.44. The molecule has 19 heavy (non-hydrogen) atoms. The molecule has 1 unspecified atom stereocenters. The van der Waals surface area contributed by atoms with E-state index in [4.69, 9.17) is 0 Å². The second kappa shape index (κ2) is 6.04. The zero-order chi connectivity index (χ0) is 13.8. The Balaban J connectivity index is 1.90. The largest absolute Gasteiger partial charge is 0.354 e. The molecule has 0 aromatic carbocycles. The van der Waals surface area contributed by atoms with E-state index in [1.54, 1.807) is 7.05 Å². The first-order chi connectivity index (χ1) is 9.11. The Bertz CT molecular complexity index is 448. The number of aryl methyl sites for hydroxylation is 1. The Morgan fingerprint density at radius 3 is 2.84 bits per heavy atom. The molecule has 0 bridgehead atoms. The first kappa shape index (κ1) is 13.8. The molecule has 2 N–H and O–H groups in total. The van der Waals surface area contributed by atoms with Crippen LogP contribution in [-0.4, -0.2) is 33.8 Å². The maximum Gasteiger partial charge on any atom is 0.191 e. The van der Waals surface area contributed by atoms with Crippen molar-refractivity contribution in [1.29, 1.82) is 0 Å². The highest BCUT2D eigenvalue weighted by Crippen LogP contribution is 2.13. The van der Waals surface area contributed by atoms with Gasteiger partial charge < -0.3 is 15.2 Å². The van der Waals surface area contributed by atoms with Gasteiger partial charge in [0.25, 0.3) is 0 Å². The first-order valence-corrected chi connectivity index (χ1v) is 7.00. The van der Waals surface area contributed by atoms with Crippen molar-refractivity contribution in [3.8, 4) is 0 Å². The lowest BCUT2D eigenvalue weighted by molar-refractivity contribution is 0.480. The number of aromatic nitrogens is 3. The lowest BCUT2D eigenvalue weighted by atomic mass is 10.1. The highest BCUT2D eigenvalue weighted by atomic mass is 15.3. The summed E-state index contributed by atoms with van der Waals surface area (Å²) in [5.41, 5.74) is 0. The van der Waals surface area contributed by atoms with Gasteiger partial charge in [-0.3, -0.25) is 4.99 Å². The third kappa shape index (κ3) is 3.24. The molecular formula is C13H24N6. The van der Waals surface area contributed by atoms with Crippen molar-refractivity contribution >= 4 is 5.96 Å². The summed E-state index contributed by atoms with van der Waals surface area (Å²) >= 11 is 0. The van der Waals surface area contributed by atoms with Crippen molar-refractivity contribution in [2.45, 2.75) is 52.7 Å². The third-order valence-electron chi connectivity index (χ3n) is 3.69. The number of hydrogen-bond donors (Lipinski definition) is 2. The molecule has 0 fully saturated rings. The van der Waals surface area contributed by atoms with E-state index in [9.17, 15) is 0 Å². The van der Waals surface area contributed by atoms with Crippen LogP contribution in [0.2, 0.25) is 0 Å². The molecule has 0 saturated heterocycles. The van der Waals surface area contributed by atoms with E-state index in [1.807, 2.05) is 0 Å². The Morgan fingerprint density at radius 1 is 1.37 bits per heavy atom. The van der Waals surface area contributed by atoms with Gasteiger partial charge >= 0.3 is 0 Å². The number of fused-ring (bicyclic) bond motifs is 1. The van der Waals surface area contributed by atoms with E-state index in [-0.39, 0.29) is 0 Å². The van der Waals surface area contributed by atoms with Crippen LogP contribution >= 0.6 is 0 Å². The van der Waals surface area contributed by atoms with Crippen LogP contribution in [-0.2, 0) is 19.5 Å². The Labute approximate surface area is 114 Å². The molecule has 6 heteroatoms. The van der Waals surface area contributed by atoms with Crippen molar-refractivity contribution in [3.05, 3.63) is 11.6 Å². The summed E-state index contributed by atoms with van der Waals surface area (Å²) in [6.45, 7) is 8.24. The van der Waals surface area contributed by atoms with Gasteiger partial charge in [-0.1, -0.05) is 13.8 Å². The molecule has 2 rings (SSSR count). The van der Waals surface area contributed by atoms with E-state index < -0.39 is 0 Å². The zero-order valence-electron chi connectivity index (χ0n) is 12.3. The molecule has 1 aliphatic rings. The number of hydrogen-bond acceptors (Lipinski definition) is 3. The van der Waals surface area contributed by atoms with Gasteiger partial charge in [0.05, 0.1) is 6.54 Å². The van der Waals surface area contributed by atoms with E-state index in [0.717, 1.165) is 30.6 Å². The molecule has 0 amide bonds. The highest BCUT2D eigenvalue weighted by molar-refractivity contribution is 5.79. The van der Waals surface area contributed by atoms with Crippen molar-refractivity contribution in [1.82, 2.24) is 25.4 Å². The molecule has 0 saturated carbocycles. The Morgan fingerprint density at radius 2 is 2.16 bits per heavy atom.